The van der Waals surface area contributed by atoms with Gasteiger partial charge in [0.1, 0.15) is 11.4 Å². The average molecular weight is 524 g/mol. The van der Waals surface area contributed by atoms with Gasteiger partial charge >= 0.3 is 0 Å². The summed E-state index contributed by atoms with van der Waals surface area (Å²) in [6, 6.07) is 32.0. The van der Waals surface area contributed by atoms with Crippen LogP contribution in [-0.2, 0) is 6.54 Å². The molecule has 8 nitrogen and oxygen atoms in total. The number of hydrogen-bond donors (Lipinski definition) is 3. The Hall–Kier alpha value is -5.63. The van der Waals surface area contributed by atoms with E-state index in [0.29, 0.717) is 34.9 Å². The van der Waals surface area contributed by atoms with Crippen molar-refractivity contribution in [3.63, 3.8) is 0 Å². The van der Waals surface area contributed by atoms with E-state index in [1.807, 2.05) is 78.9 Å². The van der Waals surface area contributed by atoms with E-state index in [9.17, 15) is 4.79 Å². The Morgan fingerprint density at radius 3 is 2.00 bits per heavy atom. The summed E-state index contributed by atoms with van der Waals surface area (Å²) in [6.07, 6.45) is 3.49. The van der Waals surface area contributed by atoms with E-state index < -0.39 is 0 Å². The predicted molar refractivity (Wildman–Crippen MR) is 159 cm³/mol. The third-order valence-electron chi connectivity index (χ3n) is 6.40. The average Bonchev–Trinajstić information content (AvgIpc) is 3.01. The van der Waals surface area contributed by atoms with Crippen molar-refractivity contribution in [3.8, 4) is 22.8 Å². The van der Waals surface area contributed by atoms with Crippen LogP contribution in [0.4, 0.5) is 17.1 Å². The molecule has 3 aromatic carbocycles. The Labute approximate surface area is 231 Å². The number of carbonyl (C=O) groups excluding carboxylic acids is 1. The third-order valence-corrected chi connectivity index (χ3v) is 6.40. The number of fused-ring (bicyclic) bond motifs is 1. The van der Waals surface area contributed by atoms with E-state index in [1.165, 1.54) is 0 Å². The zero-order valence-electron chi connectivity index (χ0n) is 21.5. The first-order valence-corrected chi connectivity index (χ1v) is 12.8. The van der Waals surface area contributed by atoms with Gasteiger partial charge in [0.25, 0.3) is 5.91 Å². The predicted octanol–water partition coefficient (Wildman–Crippen LogP) is 6.20. The van der Waals surface area contributed by atoms with Crippen LogP contribution in [0.15, 0.2) is 116 Å². The first-order valence-electron chi connectivity index (χ1n) is 12.8. The summed E-state index contributed by atoms with van der Waals surface area (Å²) >= 11 is 0. The summed E-state index contributed by atoms with van der Waals surface area (Å²) in [4.78, 5) is 31.5. The second kappa shape index (κ2) is 11.0. The topological polar surface area (TPSA) is 119 Å². The highest BCUT2D eigenvalue weighted by molar-refractivity contribution is 6.05. The van der Waals surface area contributed by atoms with Crippen molar-refractivity contribution in [2.24, 2.45) is 0 Å². The molecule has 194 valence electrons. The summed E-state index contributed by atoms with van der Waals surface area (Å²) in [5.41, 5.74) is 13.9. The normalized spacial score (nSPS) is 10.8. The van der Waals surface area contributed by atoms with Gasteiger partial charge in [-0.1, -0.05) is 36.4 Å². The molecule has 0 atom stereocenters. The minimum atomic E-state index is -0.209. The monoisotopic (exact) mass is 523 g/mol. The third kappa shape index (κ3) is 5.32. The molecule has 0 bridgehead atoms. The Bertz CT molecular complexity index is 1790. The van der Waals surface area contributed by atoms with Gasteiger partial charge in [-0.15, -0.1) is 0 Å². The molecule has 0 saturated heterocycles. The van der Waals surface area contributed by atoms with Gasteiger partial charge in [0.05, 0.1) is 33.8 Å². The molecule has 0 spiro atoms. The highest BCUT2D eigenvalue weighted by Crippen LogP contribution is 2.29. The van der Waals surface area contributed by atoms with Crippen molar-refractivity contribution in [1.82, 2.24) is 19.9 Å². The Morgan fingerprint density at radius 1 is 0.700 bits per heavy atom. The number of para-hydroxylation sites is 2. The molecule has 4 N–H and O–H groups in total. The molecule has 0 saturated carbocycles. The zero-order valence-corrected chi connectivity index (χ0v) is 21.5. The van der Waals surface area contributed by atoms with Crippen LogP contribution in [-0.4, -0.2) is 25.8 Å². The van der Waals surface area contributed by atoms with Crippen LogP contribution in [0.3, 0.4) is 0 Å². The molecule has 0 aliphatic rings. The second-order valence-corrected chi connectivity index (χ2v) is 9.15. The summed E-state index contributed by atoms with van der Waals surface area (Å²) in [5, 5.41) is 6.29. The molecule has 0 aliphatic carbocycles. The summed E-state index contributed by atoms with van der Waals surface area (Å²) in [6.45, 7) is 0.575. The summed E-state index contributed by atoms with van der Waals surface area (Å²) < 4.78 is 0. The molecule has 0 fully saturated rings. The fourth-order valence-electron chi connectivity index (χ4n) is 4.31. The van der Waals surface area contributed by atoms with E-state index in [1.54, 1.807) is 36.7 Å². The first-order chi connectivity index (χ1) is 19.6. The largest absolute Gasteiger partial charge is 0.397 e. The highest BCUT2D eigenvalue weighted by atomic mass is 16.1. The highest BCUT2D eigenvalue weighted by Gasteiger charge is 2.15. The van der Waals surface area contributed by atoms with E-state index in [4.69, 9.17) is 15.7 Å². The van der Waals surface area contributed by atoms with Crippen LogP contribution in [0.25, 0.3) is 33.8 Å². The molecule has 3 heterocycles. The quantitative estimate of drug-likeness (QED) is 0.213. The maximum absolute atomic E-state index is 12.6. The number of nitrogen functional groups attached to an aromatic ring is 1. The van der Waals surface area contributed by atoms with Gasteiger partial charge in [-0.3, -0.25) is 14.8 Å². The lowest BCUT2D eigenvalue weighted by molar-refractivity contribution is 0.102. The fraction of sp³-hybridized carbons (Fsp3) is 0.0312. The number of amides is 1. The number of nitrogens with zero attached hydrogens (tertiary/aromatic N) is 4. The molecule has 0 unspecified atom stereocenters. The van der Waals surface area contributed by atoms with Gasteiger partial charge in [-0.2, -0.15) is 0 Å². The Morgan fingerprint density at radius 2 is 1.35 bits per heavy atom. The Kier molecular flexibility index (Phi) is 6.79. The molecular weight excluding hydrogens is 498 g/mol. The van der Waals surface area contributed by atoms with Crippen molar-refractivity contribution in [1.29, 1.82) is 0 Å². The molecular formula is C32H25N7O. The van der Waals surface area contributed by atoms with Crippen molar-refractivity contribution >= 4 is 34.0 Å². The van der Waals surface area contributed by atoms with Gasteiger partial charge in [0, 0.05) is 30.2 Å². The lowest BCUT2D eigenvalue weighted by Crippen LogP contribution is -2.13. The van der Waals surface area contributed by atoms with Crippen LogP contribution >= 0.6 is 0 Å². The van der Waals surface area contributed by atoms with Gasteiger partial charge in [0.15, 0.2) is 0 Å². The zero-order chi connectivity index (χ0) is 27.3. The number of benzene rings is 3. The Balaban J connectivity index is 1.21. The minimum Gasteiger partial charge on any atom is -0.397 e. The van der Waals surface area contributed by atoms with Gasteiger partial charge in [-0.25, -0.2) is 9.97 Å². The number of hydrogen-bond acceptors (Lipinski definition) is 7. The minimum absolute atomic E-state index is 0.209. The molecule has 1 amide bonds. The summed E-state index contributed by atoms with van der Waals surface area (Å²) in [7, 11) is 0. The van der Waals surface area contributed by atoms with Crippen LogP contribution in [0.5, 0.6) is 0 Å². The molecule has 6 rings (SSSR count). The number of carbonyl (C=O) groups is 1. The number of anilines is 3. The number of aromatic nitrogens is 4. The van der Waals surface area contributed by atoms with Crippen LogP contribution in [0, 0.1) is 0 Å². The number of nitrogens with two attached hydrogens (primary N) is 1. The molecule has 0 radical (unpaired) electrons. The van der Waals surface area contributed by atoms with Crippen molar-refractivity contribution in [2.45, 2.75) is 6.54 Å². The molecule has 3 aromatic heterocycles. The van der Waals surface area contributed by atoms with E-state index in [-0.39, 0.29) is 5.91 Å². The maximum atomic E-state index is 12.6. The van der Waals surface area contributed by atoms with Crippen molar-refractivity contribution in [2.75, 3.05) is 16.4 Å². The van der Waals surface area contributed by atoms with Gasteiger partial charge < -0.3 is 16.4 Å². The fourth-order valence-corrected chi connectivity index (χ4v) is 4.31. The second-order valence-electron chi connectivity index (χ2n) is 9.15. The van der Waals surface area contributed by atoms with E-state index in [0.717, 1.165) is 33.7 Å². The van der Waals surface area contributed by atoms with E-state index >= 15 is 0 Å². The smallest absolute Gasteiger partial charge is 0.255 e. The van der Waals surface area contributed by atoms with Crippen molar-refractivity contribution in [3.05, 3.63) is 127 Å². The van der Waals surface area contributed by atoms with Gasteiger partial charge in [0.2, 0.25) is 0 Å². The number of nitrogens with one attached hydrogen (secondary N) is 2. The molecule has 6 aromatic rings. The molecule has 0 aliphatic heterocycles. The summed E-state index contributed by atoms with van der Waals surface area (Å²) in [5.74, 6) is -0.209. The molecule has 8 heteroatoms. The first kappa shape index (κ1) is 24.7. The standard InChI is InChI=1S/C32H25N7O/c33-24-7-1-2-8-25(24)39-32(40)22-13-11-21(12-14-22)20-36-23-15-16-26-29(19-23)38-31(28-10-4-6-18-35-28)30(37-26)27-9-3-5-17-34-27/h1-19,36H,20,33H2,(H,39,40). The lowest BCUT2D eigenvalue weighted by Gasteiger charge is -2.12. The molecule has 40 heavy (non-hydrogen) atoms. The van der Waals surface area contributed by atoms with Crippen LogP contribution < -0.4 is 16.4 Å². The van der Waals surface area contributed by atoms with Crippen LogP contribution in [0.2, 0.25) is 0 Å². The van der Waals surface area contributed by atoms with Crippen LogP contribution in [0.1, 0.15) is 15.9 Å². The number of pyridine rings is 2. The number of rotatable bonds is 7. The van der Waals surface area contributed by atoms with Crippen molar-refractivity contribution < 1.29 is 4.79 Å². The lowest BCUT2D eigenvalue weighted by atomic mass is 10.1. The SMILES string of the molecule is Nc1ccccc1NC(=O)c1ccc(CNc2ccc3nc(-c4ccccn4)c(-c4ccccn4)nc3c2)cc1. The van der Waals surface area contributed by atoms with Gasteiger partial charge in [-0.05, 0) is 72.3 Å². The van der Waals surface area contributed by atoms with E-state index in [2.05, 4.69) is 20.6 Å². The maximum Gasteiger partial charge on any atom is 0.255 e.